The maximum atomic E-state index is 12.9. The third kappa shape index (κ3) is 60.9. The lowest BCUT2D eigenvalue weighted by Crippen LogP contribution is -2.30. The summed E-state index contributed by atoms with van der Waals surface area (Å²) in [6.07, 6.45) is 86.7. The Balaban J connectivity index is 4.28. The Morgan fingerprint density at radius 1 is 0.276 bits per heavy atom. The van der Waals surface area contributed by atoms with Crippen molar-refractivity contribution >= 4 is 17.9 Å². The van der Waals surface area contributed by atoms with Gasteiger partial charge < -0.3 is 14.2 Å². The van der Waals surface area contributed by atoms with E-state index in [1.165, 1.54) is 116 Å². The SMILES string of the molecule is CC/C=C\C/C=C\C/C=C\C/C=C\C/C=C\CCCCCCCC(=O)OC(COC(=O)CCCCCCC/C=C\CCC)COC(=O)CCCCCCCCCCCCCC/C=C\C/C=C\C/C=C\CCCCCCC. The molecule has 76 heavy (non-hydrogen) atoms. The quantitative estimate of drug-likeness (QED) is 0.0261. The molecule has 0 radical (unpaired) electrons. The molecule has 0 aliphatic rings. The lowest BCUT2D eigenvalue weighted by Gasteiger charge is -2.18. The molecule has 6 nitrogen and oxygen atoms in total. The molecule has 0 N–H and O–H groups in total. The second-order valence-electron chi connectivity index (χ2n) is 20.9. The summed E-state index contributed by atoms with van der Waals surface area (Å²) in [7, 11) is 0. The number of esters is 3. The van der Waals surface area contributed by atoms with Crippen molar-refractivity contribution in [1.29, 1.82) is 0 Å². The van der Waals surface area contributed by atoms with E-state index >= 15 is 0 Å². The van der Waals surface area contributed by atoms with E-state index in [4.69, 9.17) is 14.2 Å². The largest absolute Gasteiger partial charge is 0.462 e. The third-order valence-electron chi connectivity index (χ3n) is 13.5. The van der Waals surface area contributed by atoms with E-state index in [1.807, 2.05) is 0 Å². The summed E-state index contributed by atoms with van der Waals surface area (Å²) >= 11 is 0. The van der Waals surface area contributed by atoms with Gasteiger partial charge in [0.25, 0.3) is 0 Å². The molecular weight excluding hydrogens is 937 g/mol. The van der Waals surface area contributed by atoms with Crippen LogP contribution in [-0.2, 0) is 28.6 Å². The third-order valence-corrected chi connectivity index (χ3v) is 13.5. The monoisotopic (exact) mass is 1050 g/mol. The molecule has 0 rings (SSSR count). The molecule has 6 heteroatoms. The molecule has 1 unspecified atom stereocenters. The zero-order chi connectivity index (χ0) is 55.0. The molecule has 0 aliphatic heterocycles. The lowest BCUT2D eigenvalue weighted by molar-refractivity contribution is -0.167. The van der Waals surface area contributed by atoms with Crippen LogP contribution in [0.4, 0.5) is 0 Å². The van der Waals surface area contributed by atoms with Gasteiger partial charge in [0.15, 0.2) is 6.10 Å². The average molecular weight is 1060 g/mol. The summed E-state index contributed by atoms with van der Waals surface area (Å²) in [6.45, 7) is 6.44. The number of carbonyl (C=O) groups excluding carboxylic acids is 3. The fourth-order valence-electron chi connectivity index (χ4n) is 8.71. The number of rotatable bonds is 57. The van der Waals surface area contributed by atoms with Gasteiger partial charge in [0, 0.05) is 19.3 Å². The van der Waals surface area contributed by atoms with Crippen molar-refractivity contribution in [2.24, 2.45) is 0 Å². The Kier molecular flexibility index (Phi) is 60.3. The van der Waals surface area contributed by atoms with Gasteiger partial charge in [-0.15, -0.1) is 0 Å². The number of allylic oxidation sites excluding steroid dienone is 18. The maximum Gasteiger partial charge on any atom is 0.306 e. The van der Waals surface area contributed by atoms with Crippen molar-refractivity contribution in [3.05, 3.63) is 109 Å². The number of hydrogen-bond acceptors (Lipinski definition) is 6. The second-order valence-corrected chi connectivity index (χ2v) is 20.9. The molecule has 0 aromatic carbocycles. The van der Waals surface area contributed by atoms with E-state index in [1.54, 1.807) is 0 Å². The Hall–Kier alpha value is -3.93. The first-order valence-electron chi connectivity index (χ1n) is 31.9. The predicted octanol–water partition coefficient (Wildman–Crippen LogP) is 21.8. The normalized spacial score (nSPS) is 12.8. The molecule has 0 saturated carbocycles. The molecule has 0 aromatic heterocycles. The van der Waals surface area contributed by atoms with Crippen molar-refractivity contribution in [2.75, 3.05) is 13.2 Å². The van der Waals surface area contributed by atoms with Gasteiger partial charge in [-0.2, -0.15) is 0 Å². The van der Waals surface area contributed by atoms with Gasteiger partial charge in [-0.3, -0.25) is 14.4 Å². The van der Waals surface area contributed by atoms with Gasteiger partial charge >= 0.3 is 17.9 Å². The molecule has 0 aromatic rings. The van der Waals surface area contributed by atoms with Crippen LogP contribution >= 0.6 is 0 Å². The highest BCUT2D eigenvalue weighted by Gasteiger charge is 2.19. The van der Waals surface area contributed by atoms with E-state index in [-0.39, 0.29) is 31.1 Å². The van der Waals surface area contributed by atoms with Gasteiger partial charge in [-0.25, -0.2) is 0 Å². The zero-order valence-electron chi connectivity index (χ0n) is 49.7. The van der Waals surface area contributed by atoms with Crippen LogP contribution in [0.25, 0.3) is 0 Å². The van der Waals surface area contributed by atoms with E-state index in [0.717, 1.165) is 141 Å². The van der Waals surface area contributed by atoms with E-state index in [2.05, 4.69) is 130 Å². The smallest absolute Gasteiger partial charge is 0.306 e. The number of carbonyl (C=O) groups is 3. The molecule has 0 bridgehead atoms. The fourth-order valence-corrected chi connectivity index (χ4v) is 8.71. The minimum atomic E-state index is -0.795. The van der Waals surface area contributed by atoms with E-state index in [0.29, 0.717) is 19.3 Å². The highest BCUT2D eigenvalue weighted by molar-refractivity contribution is 5.71. The minimum absolute atomic E-state index is 0.0902. The van der Waals surface area contributed by atoms with Crippen molar-refractivity contribution in [2.45, 2.75) is 303 Å². The summed E-state index contributed by atoms with van der Waals surface area (Å²) in [5, 5.41) is 0. The number of ether oxygens (including phenoxy) is 3. The van der Waals surface area contributed by atoms with Gasteiger partial charge in [0.2, 0.25) is 0 Å². The number of hydrogen-bond donors (Lipinski definition) is 0. The van der Waals surface area contributed by atoms with Crippen LogP contribution in [0.1, 0.15) is 297 Å². The van der Waals surface area contributed by atoms with Crippen LogP contribution in [0.15, 0.2) is 109 Å². The van der Waals surface area contributed by atoms with Crippen LogP contribution in [0.5, 0.6) is 0 Å². The van der Waals surface area contributed by atoms with Crippen molar-refractivity contribution in [3.63, 3.8) is 0 Å². The highest BCUT2D eigenvalue weighted by Crippen LogP contribution is 2.16. The first-order valence-corrected chi connectivity index (χ1v) is 31.9. The molecule has 0 spiro atoms. The van der Waals surface area contributed by atoms with Crippen LogP contribution in [0, 0.1) is 0 Å². The maximum absolute atomic E-state index is 12.9. The molecular formula is C70H118O6. The molecule has 0 heterocycles. The Bertz CT molecular complexity index is 1540. The Labute approximate surface area is 470 Å². The first-order chi connectivity index (χ1) is 37.5. The van der Waals surface area contributed by atoms with Gasteiger partial charge in [0.05, 0.1) is 0 Å². The number of unbranched alkanes of at least 4 members (excludes halogenated alkanes) is 28. The average Bonchev–Trinajstić information content (AvgIpc) is 3.42. The van der Waals surface area contributed by atoms with Crippen LogP contribution < -0.4 is 0 Å². The molecule has 0 aliphatic carbocycles. The van der Waals surface area contributed by atoms with Crippen molar-refractivity contribution in [1.82, 2.24) is 0 Å². The summed E-state index contributed by atoms with van der Waals surface area (Å²) < 4.78 is 16.9. The summed E-state index contributed by atoms with van der Waals surface area (Å²) in [4.78, 5) is 38.2. The summed E-state index contributed by atoms with van der Waals surface area (Å²) in [5.74, 6) is -0.918. The fraction of sp³-hybridized carbons (Fsp3) is 0.700. The van der Waals surface area contributed by atoms with Crippen LogP contribution in [-0.4, -0.2) is 37.2 Å². The van der Waals surface area contributed by atoms with Crippen molar-refractivity contribution < 1.29 is 28.6 Å². The Morgan fingerprint density at radius 3 is 0.868 bits per heavy atom. The molecule has 434 valence electrons. The van der Waals surface area contributed by atoms with E-state index < -0.39 is 6.10 Å². The predicted molar refractivity (Wildman–Crippen MR) is 330 cm³/mol. The first kappa shape index (κ1) is 72.1. The molecule has 1 atom stereocenters. The summed E-state index contributed by atoms with van der Waals surface area (Å²) in [5.41, 5.74) is 0. The van der Waals surface area contributed by atoms with Crippen LogP contribution in [0.3, 0.4) is 0 Å². The molecule has 0 amide bonds. The zero-order valence-corrected chi connectivity index (χ0v) is 49.7. The van der Waals surface area contributed by atoms with Gasteiger partial charge in [-0.1, -0.05) is 265 Å². The second kappa shape index (κ2) is 63.6. The van der Waals surface area contributed by atoms with E-state index in [9.17, 15) is 14.4 Å². The lowest BCUT2D eigenvalue weighted by atomic mass is 10.0. The topological polar surface area (TPSA) is 78.9 Å². The standard InChI is InChI=1S/C70H118O6/c1-4-7-10-13-16-19-22-24-26-28-30-32-33-34-35-36-37-39-40-42-44-46-48-51-54-57-60-63-69(72)75-66-67(65-74-68(71)62-59-56-53-50-21-18-15-12-9-6-3)76-70(73)64-61-58-55-52-49-47-45-43-41-38-31-29-27-25-23-20-17-14-11-8-5-2/h8,11-12,15,17,20,22,24-25,27-28,30-31,33-34,38,43,45,67H,4-7,9-10,13-14,16,18-19,21,23,26,29,32,35-37,39-42,44,46-66H2,1-3H3/b11-8-,15-12-,20-17-,24-22-,27-25-,30-28-,34-33-,38-31-,45-43-. The van der Waals surface area contributed by atoms with Crippen LogP contribution in [0.2, 0.25) is 0 Å². The Morgan fingerprint density at radius 2 is 0.539 bits per heavy atom. The minimum Gasteiger partial charge on any atom is -0.462 e. The summed E-state index contributed by atoms with van der Waals surface area (Å²) in [6, 6.07) is 0. The molecule has 0 fully saturated rings. The van der Waals surface area contributed by atoms with Gasteiger partial charge in [0.1, 0.15) is 13.2 Å². The highest BCUT2D eigenvalue weighted by atomic mass is 16.6. The molecule has 0 saturated heterocycles. The van der Waals surface area contributed by atoms with Crippen molar-refractivity contribution in [3.8, 4) is 0 Å². The van der Waals surface area contributed by atoms with Gasteiger partial charge in [-0.05, 0) is 122 Å².